The van der Waals surface area contributed by atoms with Crippen molar-refractivity contribution < 1.29 is 19.1 Å². The number of benzene rings is 3. The number of nitrogens with one attached hydrogen (secondary N) is 1. The zero-order valence-corrected chi connectivity index (χ0v) is 22.6. The summed E-state index contributed by atoms with van der Waals surface area (Å²) < 4.78 is 13.3. The highest BCUT2D eigenvalue weighted by Gasteiger charge is 2.26. The lowest BCUT2D eigenvalue weighted by molar-refractivity contribution is -0.115. The summed E-state index contributed by atoms with van der Waals surface area (Å²) in [4.78, 5) is 24.9. The monoisotopic (exact) mass is 530 g/mol. The second kappa shape index (κ2) is 12.4. The van der Waals surface area contributed by atoms with Gasteiger partial charge in [0, 0.05) is 16.9 Å². The molecule has 38 heavy (non-hydrogen) atoms. The fourth-order valence-corrected chi connectivity index (χ4v) is 4.82. The van der Waals surface area contributed by atoms with Gasteiger partial charge in [0.1, 0.15) is 11.5 Å². The van der Waals surface area contributed by atoms with Crippen molar-refractivity contribution in [2.75, 3.05) is 12.4 Å². The van der Waals surface area contributed by atoms with E-state index in [2.05, 4.69) is 15.5 Å². The first-order valence-corrected chi connectivity index (χ1v) is 13.2. The molecule has 8 nitrogen and oxygen atoms in total. The Kier molecular flexibility index (Phi) is 8.81. The van der Waals surface area contributed by atoms with E-state index >= 15 is 0 Å². The van der Waals surface area contributed by atoms with E-state index < -0.39 is 11.4 Å². The summed E-state index contributed by atoms with van der Waals surface area (Å²) in [5.41, 5.74) is 1.99. The third-order valence-corrected chi connectivity index (χ3v) is 7.16. The van der Waals surface area contributed by atoms with E-state index in [0.717, 1.165) is 11.4 Å². The third kappa shape index (κ3) is 6.41. The maximum Gasteiger partial charge on any atom is 0.237 e. The van der Waals surface area contributed by atoms with Crippen molar-refractivity contribution in [1.82, 2.24) is 14.8 Å². The fraction of sp³-hybridized carbons (Fsp3) is 0.241. The van der Waals surface area contributed by atoms with Gasteiger partial charge >= 0.3 is 0 Å². The van der Waals surface area contributed by atoms with Crippen LogP contribution in [0.4, 0.5) is 5.69 Å². The van der Waals surface area contributed by atoms with Crippen molar-refractivity contribution in [3.05, 3.63) is 90.3 Å². The van der Waals surface area contributed by atoms with E-state index in [4.69, 9.17) is 9.47 Å². The normalized spacial score (nSPS) is 12.4. The minimum absolute atomic E-state index is 0.0583. The smallest absolute Gasteiger partial charge is 0.237 e. The second-order valence-corrected chi connectivity index (χ2v) is 9.76. The van der Waals surface area contributed by atoms with Crippen LogP contribution in [0, 0.1) is 0 Å². The van der Waals surface area contributed by atoms with E-state index in [1.807, 2.05) is 73.0 Å². The molecule has 0 spiro atoms. The quantitative estimate of drug-likeness (QED) is 0.184. The molecule has 9 heteroatoms. The molecule has 4 rings (SSSR count). The van der Waals surface area contributed by atoms with Gasteiger partial charge in [-0.15, -0.1) is 10.2 Å². The number of thioether (sulfide) groups is 1. The lowest BCUT2D eigenvalue weighted by atomic mass is 10.1. The zero-order valence-electron chi connectivity index (χ0n) is 21.8. The number of ketones is 1. The summed E-state index contributed by atoms with van der Waals surface area (Å²) in [6.07, 6.45) is 0.145. The minimum atomic E-state index is -0.437. The van der Waals surface area contributed by atoms with Crippen LogP contribution in [-0.4, -0.2) is 38.8 Å². The van der Waals surface area contributed by atoms with Gasteiger partial charge in [-0.05, 0) is 68.8 Å². The van der Waals surface area contributed by atoms with E-state index in [1.54, 1.807) is 31.4 Å². The van der Waals surface area contributed by atoms with Gasteiger partial charge in [0.15, 0.2) is 22.9 Å². The molecule has 0 saturated carbocycles. The summed E-state index contributed by atoms with van der Waals surface area (Å²) in [6.45, 7) is 5.36. The molecule has 196 valence electrons. The molecular formula is C29H30N4O4S. The standard InChI is InChI=1S/C29H30N4O4S/c1-5-26(28(35)30-22-11-9-10-21(18-22)19(2)34)38-29-32-31-27(33(29)23-12-7-6-8-13-23)20(3)37-25-16-14-24(36-4)15-17-25/h6-18,20,26H,5H2,1-4H3,(H,30,35). The number of aromatic nitrogens is 3. The van der Waals surface area contributed by atoms with Crippen LogP contribution in [-0.2, 0) is 4.79 Å². The highest BCUT2D eigenvalue weighted by molar-refractivity contribution is 8.00. The number of nitrogens with zero attached hydrogens (tertiary/aromatic N) is 3. The number of amides is 1. The Morgan fingerprint density at radius 3 is 2.34 bits per heavy atom. The van der Waals surface area contributed by atoms with Crippen molar-refractivity contribution in [3.8, 4) is 17.2 Å². The van der Waals surface area contributed by atoms with Crippen LogP contribution < -0.4 is 14.8 Å². The largest absolute Gasteiger partial charge is 0.497 e. The van der Waals surface area contributed by atoms with Crippen molar-refractivity contribution in [2.45, 2.75) is 43.7 Å². The lowest BCUT2D eigenvalue weighted by Gasteiger charge is -2.18. The van der Waals surface area contributed by atoms with Crippen LogP contribution in [0.3, 0.4) is 0 Å². The molecule has 0 aliphatic rings. The molecule has 4 aromatic rings. The molecule has 2 unspecified atom stereocenters. The number of para-hydroxylation sites is 1. The number of carbonyl (C=O) groups is 2. The lowest BCUT2D eigenvalue weighted by Crippen LogP contribution is -2.25. The Morgan fingerprint density at radius 1 is 0.974 bits per heavy atom. The summed E-state index contributed by atoms with van der Waals surface area (Å²) in [7, 11) is 1.62. The van der Waals surface area contributed by atoms with Crippen LogP contribution in [0.1, 0.15) is 49.5 Å². The second-order valence-electron chi connectivity index (χ2n) is 8.59. The first-order valence-electron chi connectivity index (χ1n) is 12.3. The highest BCUT2D eigenvalue weighted by atomic mass is 32.2. The Morgan fingerprint density at radius 2 is 1.68 bits per heavy atom. The number of Topliss-reactive ketones (excluding diaryl/α,β-unsaturated/α-hetero) is 1. The molecule has 1 heterocycles. The number of carbonyl (C=O) groups excluding carboxylic acids is 2. The number of anilines is 1. The Bertz CT molecular complexity index is 1390. The summed E-state index contributed by atoms with van der Waals surface area (Å²) in [5.74, 6) is 1.79. The highest BCUT2D eigenvalue weighted by Crippen LogP contribution is 2.32. The van der Waals surface area contributed by atoms with E-state index in [1.165, 1.54) is 18.7 Å². The molecule has 0 aliphatic carbocycles. The molecular weight excluding hydrogens is 500 g/mol. The van der Waals surface area contributed by atoms with Crippen LogP contribution in [0.25, 0.3) is 5.69 Å². The fourth-order valence-electron chi connectivity index (χ4n) is 3.84. The molecule has 0 bridgehead atoms. The predicted octanol–water partition coefficient (Wildman–Crippen LogP) is 6.13. The van der Waals surface area contributed by atoms with Gasteiger partial charge in [-0.25, -0.2) is 0 Å². The first-order chi connectivity index (χ1) is 18.4. The molecule has 0 aliphatic heterocycles. The maximum atomic E-state index is 13.2. The summed E-state index contributed by atoms with van der Waals surface area (Å²) in [5, 5.41) is 12.0. The predicted molar refractivity (Wildman–Crippen MR) is 148 cm³/mol. The maximum absolute atomic E-state index is 13.2. The van der Waals surface area contributed by atoms with Crippen LogP contribution in [0.2, 0.25) is 0 Å². The van der Waals surface area contributed by atoms with Gasteiger partial charge in [-0.2, -0.15) is 0 Å². The summed E-state index contributed by atoms with van der Waals surface area (Å²) in [6, 6.07) is 24.0. The van der Waals surface area contributed by atoms with Gasteiger partial charge in [-0.1, -0.05) is 49.0 Å². The van der Waals surface area contributed by atoms with Crippen molar-refractivity contribution in [1.29, 1.82) is 0 Å². The Balaban J connectivity index is 1.59. The third-order valence-electron chi connectivity index (χ3n) is 5.86. The number of rotatable bonds is 11. The van der Waals surface area contributed by atoms with E-state index in [9.17, 15) is 9.59 Å². The SMILES string of the molecule is CCC(Sc1nnc(C(C)Oc2ccc(OC)cc2)n1-c1ccccc1)C(=O)Nc1cccc(C(C)=O)c1. The number of hydrogen-bond donors (Lipinski definition) is 1. The van der Waals surface area contributed by atoms with Gasteiger partial charge in [0.05, 0.1) is 12.4 Å². The van der Waals surface area contributed by atoms with Crippen molar-refractivity contribution in [3.63, 3.8) is 0 Å². The van der Waals surface area contributed by atoms with Crippen LogP contribution in [0.5, 0.6) is 11.5 Å². The van der Waals surface area contributed by atoms with Gasteiger partial charge in [0.25, 0.3) is 0 Å². The average molecular weight is 531 g/mol. The van der Waals surface area contributed by atoms with Crippen molar-refractivity contribution >= 4 is 29.1 Å². The number of ether oxygens (including phenoxy) is 2. The molecule has 3 aromatic carbocycles. The van der Waals surface area contributed by atoms with Gasteiger partial charge in [-0.3, -0.25) is 14.2 Å². The molecule has 1 amide bonds. The van der Waals surface area contributed by atoms with E-state index in [-0.39, 0.29) is 11.7 Å². The minimum Gasteiger partial charge on any atom is -0.497 e. The van der Waals surface area contributed by atoms with Crippen LogP contribution >= 0.6 is 11.8 Å². The van der Waals surface area contributed by atoms with Gasteiger partial charge < -0.3 is 14.8 Å². The van der Waals surface area contributed by atoms with Gasteiger partial charge in [0.2, 0.25) is 5.91 Å². The molecule has 0 fully saturated rings. The summed E-state index contributed by atoms with van der Waals surface area (Å²) >= 11 is 1.34. The molecule has 2 atom stereocenters. The molecule has 0 saturated heterocycles. The first kappa shape index (κ1) is 26.9. The number of hydrogen-bond acceptors (Lipinski definition) is 7. The molecule has 1 N–H and O–H groups in total. The molecule has 0 radical (unpaired) electrons. The van der Waals surface area contributed by atoms with E-state index in [0.29, 0.717) is 34.4 Å². The topological polar surface area (TPSA) is 95.3 Å². The Hall–Kier alpha value is -4.11. The Labute approximate surface area is 226 Å². The van der Waals surface area contributed by atoms with Crippen molar-refractivity contribution in [2.24, 2.45) is 0 Å². The zero-order chi connectivity index (χ0) is 27.1. The number of methoxy groups -OCH3 is 1. The van der Waals surface area contributed by atoms with Crippen LogP contribution in [0.15, 0.2) is 84.0 Å². The average Bonchev–Trinajstić information content (AvgIpc) is 3.36. The molecule has 1 aromatic heterocycles.